The Morgan fingerprint density at radius 3 is 2.55 bits per heavy atom. The molecule has 31 heavy (non-hydrogen) atoms. The van der Waals surface area contributed by atoms with Crippen molar-refractivity contribution in [3.63, 3.8) is 0 Å². The van der Waals surface area contributed by atoms with Crippen molar-refractivity contribution in [2.24, 2.45) is 45.1 Å². The van der Waals surface area contributed by atoms with E-state index in [0.717, 1.165) is 43.2 Å². The highest BCUT2D eigenvalue weighted by Crippen LogP contribution is 2.80. The Balaban J connectivity index is 1.40. The number of fused-ring (bicyclic) bond motifs is 7. The summed E-state index contributed by atoms with van der Waals surface area (Å²) in [5.74, 6) is 2.37. The van der Waals surface area contributed by atoms with Crippen molar-refractivity contribution in [2.75, 3.05) is 0 Å². The normalized spacial score (nSPS) is 47.8. The van der Waals surface area contributed by atoms with Crippen LogP contribution in [0.4, 0.5) is 0 Å². The quantitative estimate of drug-likeness (QED) is 0.198. The van der Waals surface area contributed by atoms with Crippen LogP contribution in [0.3, 0.4) is 0 Å². The molecule has 4 saturated carbocycles. The highest BCUT2D eigenvalue weighted by molar-refractivity contribution is 5.92. The first-order valence-corrected chi connectivity index (χ1v) is 12.2. The first-order valence-electron chi connectivity index (χ1n) is 12.2. The minimum Gasteiger partial charge on any atom is -0.462 e. The molecule has 5 aliphatic rings. The maximum absolute atomic E-state index is 11.5. The lowest BCUT2D eigenvalue weighted by molar-refractivity contribution is -0.148. The third-order valence-corrected chi connectivity index (χ3v) is 10.4. The van der Waals surface area contributed by atoms with Crippen LogP contribution in [0.15, 0.2) is 16.8 Å². The lowest BCUT2D eigenvalue weighted by Crippen LogP contribution is -2.52. The molecule has 8 atom stereocenters. The Morgan fingerprint density at radius 2 is 1.84 bits per heavy atom. The second-order valence-electron chi connectivity index (χ2n) is 11.6. The van der Waals surface area contributed by atoms with Crippen molar-refractivity contribution >= 4 is 17.7 Å². The Morgan fingerprint density at radius 1 is 1.06 bits per heavy atom. The van der Waals surface area contributed by atoms with E-state index in [4.69, 9.17) is 9.57 Å². The van der Waals surface area contributed by atoms with Gasteiger partial charge in [0.1, 0.15) is 6.10 Å². The van der Waals surface area contributed by atoms with Gasteiger partial charge in [-0.15, -0.1) is 0 Å². The van der Waals surface area contributed by atoms with Gasteiger partial charge in [0.05, 0.1) is 5.71 Å². The number of nitrogens with zero attached hydrogens (tertiary/aromatic N) is 1. The Bertz CT molecular complexity index is 877. The number of allylic oxidation sites excluding steroid dienone is 1. The third-order valence-electron chi connectivity index (χ3n) is 10.4. The highest BCUT2D eigenvalue weighted by atomic mass is 16.7. The fourth-order valence-corrected chi connectivity index (χ4v) is 8.96. The zero-order chi connectivity index (χ0) is 22.2. The van der Waals surface area contributed by atoms with Crippen LogP contribution in [-0.4, -0.2) is 23.8 Å². The molecule has 5 nitrogen and oxygen atoms in total. The van der Waals surface area contributed by atoms with Gasteiger partial charge in [0, 0.05) is 25.7 Å². The van der Waals surface area contributed by atoms with Crippen molar-refractivity contribution < 1.29 is 19.2 Å². The molecule has 5 aliphatic carbocycles. The van der Waals surface area contributed by atoms with Crippen LogP contribution >= 0.6 is 0 Å². The van der Waals surface area contributed by atoms with Gasteiger partial charge in [0.25, 0.3) is 0 Å². The zero-order valence-electron chi connectivity index (χ0n) is 19.7. The molecule has 0 bridgehead atoms. The van der Waals surface area contributed by atoms with Crippen LogP contribution in [0.5, 0.6) is 0 Å². The van der Waals surface area contributed by atoms with Gasteiger partial charge in [0.2, 0.25) is 0 Å². The van der Waals surface area contributed by atoms with Crippen LogP contribution in [0.1, 0.15) is 86.0 Å². The summed E-state index contributed by atoms with van der Waals surface area (Å²) in [5, 5.41) is 4.28. The zero-order valence-corrected chi connectivity index (χ0v) is 19.7. The molecule has 0 aliphatic heterocycles. The fraction of sp³-hybridized carbons (Fsp3) is 0.808. The van der Waals surface area contributed by atoms with E-state index < -0.39 is 0 Å². The van der Waals surface area contributed by atoms with Crippen molar-refractivity contribution in [3.05, 3.63) is 11.6 Å². The SMILES string of the molecule is CC(=O)O/N=C(\C)C12CC1CC1C3CC=C4CC(OC(C)=O)CCC4(C)C3CCC12C. The van der Waals surface area contributed by atoms with Gasteiger partial charge in [-0.25, -0.2) is 4.79 Å². The second-order valence-corrected chi connectivity index (χ2v) is 11.6. The van der Waals surface area contributed by atoms with Gasteiger partial charge < -0.3 is 9.57 Å². The molecule has 0 saturated heterocycles. The number of carbonyl (C=O) groups excluding carboxylic acids is 2. The summed E-state index contributed by atoms with van der Waals surface area (Å²) in [6.45, 7) is 10.0. The maximum Gasteiger partial charge on any atom is 0.331 e. The summed E-state index contributed by atoms with van der Waals surface area (Å²) in [5.41, 5.74) is 3.22. The van der Waals surface area contributed by atoms with Gasteiger partial charge in [-0.1, -0.05) is 30.7 Å². The van der Waals surface area contributed by atoms with E-state index in [0.29, 0.717) is 11.8 Å². The van der Waals surface area contributed by atoms with Crippen LogP contribution < -0.4 is 0 Å². The largest absolute Gasteiger partial charge is 0.462 e. The molecule has 0 aromatic carbocycles. The Labute approximate surface area is 186 Å². The van der Waals surface area contributed by atoms with Gasteiger partial charge in [0.15, 0.2) is 0 Å². The summed E-state index contributed by atoms with van der Waals surface area (Å²) in [7, 11) is 0. The van der Waals surface area contributed by atoms with Crippen LogP contribution in [0.2, 0.25) is 0 Å². The smallest absolute Gasteiger partial charge is 0.331 e. The Kier molecular flexibility index (Phi) is 4.74. The third kappa shape index (κ3) is 2.90. The number of hydrogen-bond acceptors (Lipinski definition) is 5. The molecule has 0 N–H and O–H groups in total. The molecule has 0 amide bonds. The molecule has 5 rings (SSSR count). The number of hydrogen-bond donors (Lipinski definition) is 0. The lowest BCUT2D eigenvalue weighted by Gasteiger charge is -2.59. The predicted octanol–water partition coefficient (Wildman–Crippen LogP) is 5.44. The molecule has 0 spiro atoms. The van der Waals surface area contributed by atoms with Gasteiger partial charge in [-0.2, -0.15) is 0 Å². The van der Waals surface area contributed by atoms with E-state index in [9.17, 15) is 9.59 Å². The number of oxime groups is 1. The number of rotatable bonds is 3. The maximum atomic E-state index is 11.5. The molecule has 5 heteroatoms. The first kappa shape index (κ1) is 21.2. The first-order chi connectivity index (χ1) is 14.6. The molecular formula is C26H37NO4. The standard InChI is InChI=1S/C26H37NO4/c1-15(27-31-17(3)29)26-14-19(26)13-23-21-7-6-18-12-20(30-16(2)28)8-10-24(18,4)22(21)9-11-25(23,26)5/h6,19-23H,7-14H2,1-5H3/b27-15+. The van der Waals surface area contributed by atoms with E-state index in [1.54, 1.807) is 5.57 Å². The molecule has 8 unspecified atom stereocenters. The van der Waals surface area contributed by atoms with Crippen molar-refractivity contribution in [2.45, 2.75) is 92.1 Å². The molecule has 170 valence electrons. The molecule has 4 fully saturated rings. The van der Waals surface area contributed by atoms with E-state index in [1.807, 2.05) is 0 Å². The topological polar surface area (TPSA) is 65.0 Å². The molecule has 0 radical (unpaired) electrons. The second kappa shape index (κ2) is 6.92. The van der Waals surface area contributed by atoms with Gasteiger partial charge >= 0.3 is 11.9 Å². The lowest BCUT2D eigenvalue weighted by atomic mass is 9.46. The number of ether oxygens (including phenoxy) is 1. The van der Waals surface area contributed by atoms with E-state index >= 15 is 0 Å². The van der Waals surface area contributed by atoms with Crippen LogP contribution in [0.25, 0.3) is 0 Å². The van der Waals surface area contributed by atoms with Crippen molar-refractivity contribution in [1.82, 2.24) is 0 Å². The van der Waals surface area contributed by atoms with Crippen molar-refractivity contribution in [3.8, 4) is 0 Å². The van der Waals surface area contributed by atoms with Crippen molar-refractivity contribution in [1.29, 1.82) is 0 Å². The molecule has 0 aromatic rings. The van der Waals surface area contributed by atoms with E-state index in [2.05, 4.69) is 32.0 Å². The summed E-state index contributed by atoms with van der Waals surface area (Å²) >= 11 is 0. The fourth-order valence-electron chi connectivity index (χ4n) is 8.96. The highest BCUT2D eigenvalue weighted by Gasteiger charge is 2.76. The van der Waals surface area contributed by atoms with E-state index in [1.165, 1.54) is 39.5 Å². The molecule has 0 heterocycles. The van der Waals surface area contributed by atoms with Gasteiger partial charge in [-0.3, -0.25) is 4.79 Å². The average Bonchev–Trinajstić information content (AvgIpc) is 3.38. The van der Waals surface area contributed by atoms with Crippen LogP contribution in [0, 0.1) is 39.9 Å². The number of carbonyl (C=O) groups is 2. The average molecular weight is 428 g/mol. The summed E-state index contributed by atoms with van der Waals surface area (Å²) in [4.78, 5) is 27.9. The summed E-state index contributed by atoms with van der Waals surface area (Å²) in [6.07, 6.45) is 11.8. The summed E-state index contributed by atoms with van der Waals surface area (Å²) in [6, 6.07) is 0. The minimum absolute atomic E-state index is 0.0600. The minimum atomic E-state index is -0.335. The van der Waals surface area contributed by atoms with E-state index in [-0.39, 0.29) is 34.3 Å². The summed E-state index contributed by atoms with van der Waals surface area (Å²) < 4.78 is 5.58. The molecule has 0 aromatic heterocycles. The predicted molar refractivity (Wildman–Crippen MR) is 118 cm³/mol. The van der Waals surface area contributed by atoms with Crippen LogP contribution in [-0.2, 0) is 19.2 Å². The number of esters is 1. The van der Waals surface area contributed by atoms with Gasteiger partial charge in [-0.05, 0) is 86.4 Å². The Hall–Kier alpha value is -1.65. The molecular weight excluding hydrogens is 390 g/mol. The monoisotopic (exact) mass is 427 g/mol.